The lowest BCUT2D eigenvalue weighted by Gasteiger charge is -2.34. The standard InChI is InChI=1S/C21H32N4O5/c1-28-17-12-16(13-18(29-2)21(17)30-3)23-19(26)6-7-24-8-10-25(11-9-24)14-20(27)22-15-4-5-15/h12-13,15H,4-11,14H2,1-3H3,(H,22,27)(H,23,26). The molecule has 0 aromatic heterocycles. The number of amides is 2. The smallest absolute Gasteiger partial charge is 0.234 e. The van der Waals surface area contributed by atoms with Crippen molar-refractivity contribution in [3.05, 3.63) is 12.1 Å². The van der Waals surface area contributed by atoms with Gasteiger partial charge in [-0.05, 0) is 12.8 Å². The van der Waals surface area contributed by atoms with Gasteiger partial charge in [-0.25, -0.2) is 0 Å². The minimum absolute atomic E-state index is 0.0736. The third-order valence-corrected chi connectivity index (χ3v) is 5.38. The molecule has 0 spiro atoms. The van der Waals surface area contributed by atoms with E-state index in [0.29, 0.717) is 48.5 Å². The lowest BCUT2D eigenvalue weighted by atomic mass is 10.2. The minimum Gasteiger partial charge on any atom is -0.493 e. The number of rotatable bonds is 10. The molecule has 2 N–H and O–H groups in total. The van der Waals surface area contributed by atoms with Crippen LogP contribution in [-0.4, -0.2) is 88.3 Å². The molecule has 0 bridgehead atoms. The van der Waals surface area contributed by atoms with Crippen molar-refractivity contribution < 1.29 is 23.8 Å². The second-order valence-corrected chi connectivity index (χ2v) is 7.67. The number of piperazine rings is 1. The van der Waals surface area contributed by atoms with Crippen LogP contribution in [0.1, 0.15) is 19.3 Å². The van der Waals surface area contributed by atoms with Gasteiger partial charge in [-0.3, -0.25) is 14.5 Å². The highest BCUT2D eigenvalue weighted by molar-refractivity contribution is 5.91. The van der Waals surface area contributed by atoms with Gasteiger partial charge in [0.05, 0.1) is 27.9 Å². The summed E-state index contributed by atoms with van der Waals surface area (Å²) in [7, 11) is 4.62. The van der Waals surface area contributed by atoms with E-state index in [1.807, 2.05) is 0 Å². The number of ether oxygens (including phenoxy) is 3. The van der Waals surface area contributed by atoms with E-state index in [4.69, 9.17) is 14.2 Å². The van der Waals surface area contributed by atoms with E-state index in [2.05, 4.69) is 20.4 Å². The molecule has 1 heterocycles. The van der Waals surface area contributed by atoms with Crippen LogP contribution in [0.5, 0.6) is 17.2 Å². The summed E-state index contributed by atoms with van der Waals surface area (Å²) in [4.78, 5) is 28.8. The van der Waals surface area contributed by atoms with Crippen LogP contribution in [0.4, 0.5) is 5.69 Å². The van der Waals surface area contributed by atoms with Gasteiger partial charge in [-0.2, -0.15) is 0 Å². The van der Waals surface area contributed by atoms with Gasteiger partial charge in [0.15, 0.2) is 11.5 Å². The van der Waals surface area contributed by atoms with Crippen molar-refractivity contribution in [3.8, 4) is 17.2 Å². The fraction of sp³-hybridized carbons (Fsp3) is 0.619. The molecule has 1 saturated heterocycles. The van der Waals surface area contributed by atoms with Gasteiger partial charge in [0.2, 0.25) is 17.6 Å². The molecule has 9 heteroatoms. The summed E-state index contributed by atoms with van der Waals surface area (Å²) in [5.74, 6) is 1.52. The van der Waals surface area contributed by atoms with Gasteiger partial charge < -0.3 is 29.7 Å². The van der Waals surface area contributed by atoms with Crippen LogP contribution in [0.25, 0.3) is 0 Å². The highest BCUT2D eigenvalue weighted by atomic mass is 16.5. The zero-order chi connectivity index (χ0) is 21.5. The first-order valence-electron chi connectivity index (χ1n) is 10.4. The quantitative estimate of drug-likeness (QED) is 0.582. The number of hydrogen-bond donors (Lipinski definition) is 2. The van der Waals surface area contributed by atoms with Crippen LogP contribution >= 0.6 is 0 Å². The van der Waals surface area contributed by atoms with E-state index in [9.17, 15) is 9.59 Å². The van der Waals surface area contributed by atoms with Crippen molar-refractivity contribution in [2.24, 2.45) is 0 Å². The van der Waals surface area contributed by atoms with Crippen molar-refractivity contribution in [1.29, 1.82) is 0 Å². The van der Waals surface area contributed by atoms with E-state index in [1.165, 1.54) is 21.3 Å². The number of carbonyl (C=O) groups excluding carboxylic acids is 2. The topological polar surface area (TPSA) is 92.4 Å². The molecule has 3 rings (SSSR count). The molecule has 9 nitrogen and oxygen atoms in total. The van der Waals surface area contributed by atoms with Gasteiger partial charge in [0.25, 0.3) is 0 Å². The predicted octanol–water partition coefficient (Wildman–Crippen LogP) is 0.937. The zero-order valence-electron chi connectivity index (χ0n) is 18.0. The van der Waals surface area contributed by atoms with Crippen LogP contribution in [0.3, 0.4) is 0 Å². The molecule has 2 aliphatic rings. The van der Waals surface area contributed by atoms with Crippen molar-refractivity contribution in [1.82, 2.24) is 15.1 Å². The Morgan fingerprint density at radius 1 is 0.933 bits per heavy atom. The third kappa shape index (κ3) is 6.24. The highest BCUT2D eigenvalue weighted by Gasteiger charge is 2.25. The first kappa shape index (κ1) is 22.2. The highest BCUT2D eigenvalue weighted by Crippen LogP contribution is 2.39. The summed E-state index contributed by atoms with van der Waals surface area (Å²) < 4.78 is 15.9. The Labute approximate surface area is 177 Å². The maximum Gasteiger partial charge on any atom is 0.234 e. The van der Waals surface area contributed by atoms with E-state index < -0.39 is 0 Å². The molecule has 0 atom stereocenters. The molecular formula is C21H32N4O5. The lowest BCUT2D eigenvalue weighted by Crippen LogP contribution is -2.50. The fourth-order valence-electron chi connectivity index (χ4n) is 3.51. The number of benzene rings is 1. The average molecular weight is 421 g/mol. The van der Waals surface area contributed by atoms with Gasteiger partial charge in [0.1, 0.15) is 0 Å². The molecule has 0 radical (unpaired) electrons. The second-order valence-electron chi connectivity index (χ2n) is 7.67. The van der Waals surface area contributed by atoms with Gasteiger partial charge in [0, 0.05) is 63.0 Å². The molecule has 1 aromatic rings. The van der Waals surface area contributed by atoms with Gasteiger partial charge in [-0.1, -0.05) is 0 Å². The van der Waals surface area contributed by atoms with Crippen LogP contribution in [0.15, 0.2) is 12.1 Å². The number of nitrogens with zero attached hydrogens (tertiary/aromatic N) is 2. The van der Waals surface area contributed by atoms with Crippen LogP contribution in [0, 0.1) is 0 Å². The molecule has 0 unspecified atom stereocenters. The SMILES string of the molecule is COc1cc(NC(=O)CCN2CCN(CC(=O)NC3CC3)CC2)cc(OC)c1OC. The maximum absolute atomic E-state index is 12.4. The van der Waals surface area contributed by atoms with Crippen molar-refractivity contribution in [3.63, 3.8) is 0 Å². The number of nitrogens with one attached hydrogen (secondary N) is 2. The van der Waals surface area contributed by atoms with E-state index in [0.717, 1.165) is 39.0 Å². The Bertz CT molecular complexity index is 720. The van der Waals surface area contributed by atoms with Crippen LogP contribution < -0.4 is 24.8 Å². The summed E-state index contributed by atoms with van der Waals surface area (Å²) in [6.07, 6.45) is 2.61. The van der Waals surface area contributed by atoms with E-state index >= 15 is 0 Å². The Morgan fingerprint density at radius 2 is 1.53 bits per heavy atom. The van der Waals surface area contributed by atoms with Crippen molar-refractivity contribution >= 4 is 17.5 Å². The number of hydrogen-bond acceptors (Lipinski definition) is 7. The number of anilines is 1. The minimum atomic E-state index is -0.0736. The summed E-state index contributed by atoms with van der Waals surface area (Å²) >= 11 is 0. The molecular weight excluding hydrogens is 388 g/mol. The molecule has 2 fully saturated rings. The van der Waals surface area contributed by atoms with E-state index in [1.54, 1.807) is 12.1 Å². The lowest BCUT2D eigenvalue weighted by molar-refractivity contribution is -0.122. The zero-order valence-corrected chi connectivity index (χ0v) is 18.0. The average Bonchev–Trinajstić information content (AvgIpc) is 3.56. The molecule has 1 saturated carbocycles. The monoisotopic (exact) mass is 420 g/mol. The van der Waals surface area contributed by atoms with Crippen molar-refractivity contribution in [2.75, 3.05) is 65.9 Å². The Morgan fingerprint density at radius 3 is 2.07 bits per heavy atom. The third-order valence-electron chi connectivity index (χ3n) is 5.38. The number of carbonyl (C=O) groups is 2. The number of methoxy groups -OCH3 is 3. The Kier molecular flexibility index (Phi) is 7.75. The van der Waals surface area contributed by atoms with Gasteiger partial charge >= 0.3 is 0 Å². The summed E-state index contributed by atoms with van der Waals surface area (Å²) in [5, 5.41) is 5.92. The first-order valence-corrected chi connectivity index (χ1v) is 10.4. The first-order chi connectivity index (χ1) is 14.5. The predicted molar refractivity (Wildman–Crippen MR) is 113 cm³/mol. The molecule has 1 aromatic carbocycles. The fourth-order valence-corrected chi connectivity index (χ4v) is 3.51. The molecule has 2 amide bonds. The summed E-state index contributed by atoms with van der Waals surface area (Å²) in [6.45, 7) is 4.53. The van der Waals surface area contributed by atoms with E-state index in [-0.39, 0.29) is 11.8 Å². The van der Waals surface area contributed by atoms with Crippen molar-refractivity contribution in [2.45, 2.75) is 25.3 Å². The molecule has 30 heavy (non-hydrogen) atoms. The van der Waals surface area contributed by atoms with Crippen LogP contribution in [-0.2, 0) is 9.59 Å². The normalized spacial score (nSPS) is 17.3. The largest absolute Gasteiger partial charge is 0.493 e. The summed E-state index contributed by atoms with van der Waals surface area (Å²) in [6, 6.07) is 3.83. The molecule has 166 valence electrons. The van der Waals surface area contributed by atoms with Crippen LogP contribution in [0.2, 0.25) is 0 Å². The Balaban J connectivity index is 1.41. The second kappa shape index (κ2) is 10.5. The Hall–Kier alpha value is -2.52. The molecule has 1 aliphatic heterocycles. The summed E-state index contributed by atoms with van der Waals surface area (Å²) in [5.41, 5.74) is 0.598. The maximum atomic E-state index is 12.4. The molecule has 1 aliphatic carbocycles. The van der Waals surface area contributed by atoms with Gasteiger partial charge in [-0.15, -0.1) is 0 Å².